The molecule has 4 heteroatoms. The van der Waals surface area contributed by atoms with Crippen LogP contribution in [0.15, 0.2) is 48.5 Å². The topological polar surface area (TPSA) is 24.5 Å². The summed E-state index contributed by atoms with van der Waals surface area (Å²) in [6.07, 6.45) is 0. The number of rotatable bonds is 7. The number of hydrogen-bond acceptors (Lipinski definition) is 3. The molecule has 0 fully saturated rings. The third kappa shape index (κ3) is 5.29. The zero-order chi connectivity index (χ0) is 15.1. The lowest BCUT2D eigenvalue weighted by Crippen LogP contribution is -2.24. The van der Waals surface area contributed by atoms with Crippen molar-refractivity contribution in [2.24, 2.45) is 0 Å². The maximum atomic E-state index is 5.96. The number of nitrogens with one attached hydrogen (secondary N) is 1. The maximum Gasteiger partial charge on any atom is 0.119 e. The standard InChI is InChI=1S/C17H21ClN2O/c1-20(13-14-5-3-8-17(11-14)21-2)10-9-19-16-7-4-6-15(18)12-16/h3-8,11-12,19H,9-10,13H2,1-2H3. The van der Waals surface area contributed by atoms with Gasteiger partial charge in [-0.05, 0) is 42.9 Å². The van der Waals surface area contributed by atoms with E-state index in [0.29, 0.717) is 0 Å². The number of nitrogens with zero attached hydrogens (tertiary/aromatic N) is 1. The van der Waals surface area contributed by atoms with Crippen molar-refractivity contribution >= 4 is 17.3 Å². The molecule has 0 amide bonds. The second kappa shape index (κ2) is 7.91. The van der Waals surface area contributed by atoms with E-state index in [-0.39, 0.29) is 0 Å². The Morgan fingerprint density at radius 2 is 1.95 bits per heavy atom. The number of halogens is 1. The van der Waals surface area contributed by atoms with Gasteiger partial charge < -0.3 is 15.0 Å². The van der Waals surface area contributed by atoms with Crippen molar-refractivity contribution in [1.82, 2.24) is 4.90 Å². The van der Waals surface area contributed by atoms with E-state index in [0.717, 1.165) is 36.1 Å². The van der Waals surface area contributed by atoms with Crippen molar-refractivity contribution in [3.05, 3.63) is 59.1 Å². The molecule has 0 saturated carbocycles. The van der Waals surface area contributed by atoms with Crippen LogP contribution in [-0.2, 0) is 6.54 Å². The SMILES string of the molecule is COc1cccc(CN(C)CCNc2cccc(Cl)c2)c1. The van der Waals surface area contributed by atoms with E-state index in [1.165, 1.54) is 5.56 Å². The minimum Gasteiger partial charge on any atom is -0.497 e. The Balaban J connectivity index is 1.78. The smallest absolute Gasteiger partial charge is 0.119 e. The van der Waals surface area contributed by atoms with Gasteiger partial charge in [0.2, 0.25) is 0 Å². The van der Waals surface area contributed by atoms with E-state index in [1.54, 1.807) is 7.11 Å². The predicted octanol–water partition coefficient (Wildman–Crippen LogP) is 3.89. The van der Waals surface area contributed by atoms with E-state index < -0.39 is 0 Å². The Bertz CT molecular complexity index is 574. The lowest BCUT2D eigenvalue weighted by molar-refractivity contribution is 0.338. The molecule has 0 spiro atoms. The Morgan fingerprint density at radius 3 is 2.71 bits per heavy atom. The molecule has 2 rings (SSSR count). The van der Waals surface area contributed by atoms with Crippen LogP contribution in [0.3, 0.4) is 0 Å². The van der Waals surface area contributed by atoms with Gasteiger partial charge in [-0.25, -0.2) is 0 Å². The number of ether oxygens (including phenoxy) is 1. The summed E-state index contributed by atoms with van der Waals surface area (Å²) >= 11 is 5.96. The van der Waals surface area contributed by atoms with Crippen molar-refractivity contribution in [2.45, 2.75) is 6.54 Å². The summed E-state index contributed by atoms with van der Waals surface area (Å²) in [6.45, 7) is 2.72. The quantitative estimate of drug-likeness (QED) is 0.840. The first-order chi connectivity index (χ1) is 10.2. The molecule has 0 aliphatic carbocycles. The van der Waals surface area contributed by atoms with Gasteiger partial charge in [-0.2, -0.15) is 0 Å². The van der Waals surface area contributed by atoms with Crippen LogP contribution in [0.5, 0.6) is 5.75 Å². The third-order valence-corrected chi connectivity index (χ3v) is 3.47. The fourth-order valence-corrected chi connectivity index (χ4v) is 2.34. The maximum absolute atomic E-state index is 5.96. The summed E-state index contributed by atoms with van der Waals surface area (Å²) in [5.74, 6) is 0.901. The van der Waals surface area contributed by atoms with Gasteiger partial charge in [0, 0.05) is 30.3 Å². The first-order valence-electron chi connectivity index (χ1n) is 6.98. The van der Waals surface area contributed by atoms with Crippen LogP contribution in [0, 0.1) is 0 Å². The summed E-state index contributed by atoms with van der Waals surface area (Å²) in [4.78, 5) is 2.27. The molecule has 0 unspecified atom stereocenters. The highest BCUT2D eigenvalue weighted by atomic mass is 35.5. The lowest BCUT2D eigenvalue weighted by Gasteiger charge is -2.18. The molecular weight excluding hydrogens is 284 g/mol. The molecule has 0 heterocycles. The molecule has 0 atom stereocenters. The van der Waals surface area contributed by atoms with Gasteiger partial charge >= 0.3 is 0 Å². The van der Waals surface area contributed by atoms with Crippen molar-refractivity contribution in [2.75, 3.05) is 32.6 Å². The van der Waals surface area contributed by atoms with Gasteiger partial charge in [0.25, 0.3) is 0 Å². The first kappa shape index (κ1) is 15.7. The summed E-state index contributed by atoms with van der Waals surface area (Å²) in [5.41, 5.74) is 2.30. The van der Waals surface area contributed by atoms with Gasteiger partial charge in [-0.3, -0.25) is 0 Å². The van der Waals surface area contributed by atoms with Crippen LogP contribution < -0.4 is 10.1 Å². The van der Waals surface area contributed by atoms with Crippen LogP contribution in [0.1, 0.15) is 5.56 Å². The van der Waals surface area contributed by atoms with Gasteiger partial charge in [-0.1, -0.05) is 29.8 Å². The molecule has 0 aliphatic heterocycles. The zero-order valence-corrected chi connectivity index (χ0v) is 13.2. The highest BCUT2D eigenvalue weighted by Crippen LogP contribution is 2.15. The van der Waals surface area contributed by atoms with Gasteiger partial charge in [0.1, 0.15) is 5.75 Å². The van der Waals surface area contributed by atoms with Gasteiger partial charge in [0.15, 0.2) is 0 Å². The molecule has 0 radical (unpaired) electrons. The molecule has 1 N–H and O–H groups in total. The van der Waals surface area contributed by atoms with Crippen LogP contribution in [0.2, 0.25) is 5.02 Å². The number of benzene rings is 2. The number of methoxy groups -OCH3 is 1. The van der Waals surface area contributed by atoms with E-state index in [1.807, 2.05) is 36.4 Å². The number of hydrogen-bond donors (Lipinski definition) is 1. The van der Waals surface area contributed by atoms with Crippen LogP contribution >= 0.6 is 11.6 Å². The average Bonchev–Trinajstić information content (AvgIpc) is 2.47. The minimum absolute atomic E-state index is 0.754. The van der Waals surface area contributed by atoms with Crippen molar-refractivity contribution in [3.63, 3.8) is 0 Å². The lowest BCUT2D eigenvalue weighted by atomic mass is 10.2. The fourth-order valence-electron chi connectivity index (χ4n) is 2.15. The van der Waals surface area contributed by atoms with Crippen molar-refractivity contribution in [3.8, 4) is 5.75 Å². The molecule has 3 nitrogen and oxygen atoms in total. The molecule has 0 aliphatic rings. The van der Waals surface area contributed by atoms with Crippen molar-refractivity contribution < 1.29 is 4.74 Å². The van der Waals surface area contributed by atoms with Gasteiger partial charge in [-0.15, -0.1) is 0 Å². The molecule has 2 aromatic carbocycles. The molecule has 2 aromatic rings. The molecule has 0 saturated heterocycles. The number of likely N-dealkylation sites (N-methyl/N-ethyl adjacent to an activating group) is 1. The molecule has 112 valence electrons. The van der Waals surface area contributed by atoms with Gasteiger partial charge in [0.05, 0.1) is 7.11 Å². The molecule has 21 heavy (non-hydrogen) atoms. The normalized spacial score (nSPS) is 10.7. The molecular formula is C17H21ClN2O. The second-order valence-electron chi connectivity index (χ2n) is 5.03. The second-order valence-corrected chi connectivity index (χ2v) is 5.46. The van der Waals surface area contributed by atoms with Crippen molar-refractivity contribution in [1.29, 1.82) is 0 Å². The Kier molecular flexibility index (Phi) is 5.90. The van der Waals surface area contributed by atoms with Crippen LogP contribution in [0.4, 0.5) is 5.69 Å². The van der Waals surface area contributed by atoms with E-state index >= 15 is 0 Å². The van der Waals surface area contributed by atoms with E-state index in [2.05, 4.69) is 29.4 Å². The number of anilines is 1. The largest absolute Gasteiger partial charge is 0.497 e. The Morgan fingerprint density at radius 1 is 1.14 bits per heavy atom. The van der Waals surface area contributed by atoms with Crippen LogP contribution in [0.25, 0.3) is 0 Å². The minimum atomic E-state index is 0.754. The summed E-state index contributed by atoms with van der Waals surface area (Å²) in [7, 11) is 3.80. The molecule has 0 aromatic heterocycles. The highest BCUT2D eigenvalue weighted by molar-refractivity contribution is 6.30. The predicted molar refractivity (Wildman–Crippen MR) is 89.3 cm³/mol. The fraction of sp³-hybridized carbons (Fsp3) is 0.294. The van der Waals surface area contributed by atoms with E-state index in [4.69, 9.17) is 16.3 Å². The summed E-state index contributed by atoms with van der Waals surface area (Å²) in [5, 5.41) is 4.13. The summed E-state index contributed by atoms with van der Waals surface area (Å²) < 4.78 is 5.24. The summed E-state index contributed by atoms with van der Waals surface area (Å²) in [6, 6.07) is 15.9. The zero-order valence-electron chi connectivity index (χ0n) is 12.5. The average molecular weight is 305 g/mol. The van der Waals surface area contributed by atoms with Crippen LogP contribution in [-0.4, -0.2) is 32.1 Å². The molecule has 0 bridgehead atoms. The first-order valence-corrected chi connectivity index (χ1v) is 7.36. The highest BCUT2D eigenvalue weighted by Gasteiger charge is 2.02. The Hall–Kier alpha value is -1.71. The van der Waals surface area contributed by atoms with E-state index in [9.17, 15) is 0 Å². The monoisotopic (exact) mass is 304 g/mol. The Labute approximate surface area is 131 Å². The third-order valence-electron chi connectivity index (χ3n) is 3.23.